The van der Waals surface area contributed by atoms with Crippen molar-refractivity contribution >= 4 is 23.9 Å². The number of non-ortho nitro benzene ring substituents is 1. The summed E-state index contributed by atoms with van der Waals surface area (Å²) in [5.41, 5.74) is 0.436. The van der Waals surface area contributed by atoms with E-state index in [-0.39, 0.29) is 12.1 Å². The van der Waals surface area contributed by atoms with Crippen molar-refractivity contribution in [2.24, 2.45) is 0 Å². The number of carbonyl (C=O) groups excluding carboxylic acids is 3. The third-order valence-electron chi connectivity index (χ3n) is 2.25. The number of rotatable bonds is 2. The number of aldehydes is 1. The van der Waals surface area contributed by atoms with Crippen molar-refractivity contribution in [3.8, 4) is 0 Å². The molecule has 1 aromatic carbocycles. The number of benzene rings is 1. The van der Waals surface area contributed by atoms with E-state index in [1.54, 1.807) is 0 Å². The molecule has 0 aromatic heterocycles. The third-order valence-corrected chi connectivity index (χ3v) is 2.25. The average Bonchev–Trinajstić information content (AvgIpc) is 2.36. The van der Waals surface area contributed by atoms with Crippen LogP contribution in [0.5, 0.6) is 0 Å². The minimum atomic E-state index is -1.08. The van der Waals surface area contributed by atoms with E-state index in [4.69, 9.17) is 0 Å². The Bertz CT molecular complexity index is 544. The number of hydrogen-bond acceptors (Lipinski definition) is 7. The molecule has 21 heavy (non-hydrogen) atoms. The van der Waals surface area contributed by atoms with Gasteiger partial charge in [0.2, 0.25) is 0 Å². The minimum absolute atomic E-state index is 0.00407. The van der Waals surface area contributed by atoms with E-state index < -0.39 is 22.6 Å². The first-order valence-corrected chi connectivity index (χ1v) is 5.87. The summed E-state index contributed by atoms with van der Waals surface area (Å²) in [5, 5.41) is 10.1. The Kier molecular flexibility index (Phi) is 5.12. The van der Waals surface area contributed by atoms with Crippen LogP contribution in [0, 0.1) is 10.1 Å². The van der Waals surface area contributed by atoms with E-state index in [0.29, 0.717) is 11.8 Å². The maximum absolute atomic E-state index is 10.6. The quantitative estimate of drug-likeness (QED) is 0.268. The van der Waals surface area contributed by atoms with Crippen LogP contribution in [0.15, 0.2) is 24.3 Å². The highest BCUT2D eigenvalue weighted by Crippen LogP contribution is 2.18. The van der Waals surface area contributed by atoms with Gasteiger partial charge in [-0.2, -0.15) is 0 Å². The maximum atomic E-state index is 10.6. The smallest absolute Gasteiger partial charge is 0.320 e. The van der Waals surface area contributed by atoms with Gasteiger partial charge < -0.3 is 9.47 Å². The molecule has 0 saturated carbocycles. The zero-order valence-electron chi connectivity index (χ0n) is 11.4. The van der Waals surface area contributed by atoms with Gasteiger partial charge in [-0.25, -0.2) is 0 Å². The van der Waals surface area contributed by atoms with Gasteiger partial charge in [-0.15, -0.1) is 0 Å². The fourth-order valence-electron chi connectivity index (χ4n) is 1.43. The van der Waals surface area contributed by atoms with E-state index in [2.05, 4.69) is 9.47 Å². The van der Waals surface area contributed by atoms with Crippen LogP contribution in [0.2, 0.25) is 0 Å². The molecule has 112 valence electrons. The molecular weight excluding hydrogens is 282 g/mol. The number of esters is 2. The van der Waals surface area contributed by atoms with Crippen LogP contribution in [0.3, 0.4) is 0 Å². The van der Waals surface area contributed by atoms with Gasteiger partial charge in [-0.1, -0.05) is 0 Å². The minimum Gasteiger partial charge on any atom is -0.423 e. The Morgan fingerprint density at radius 2 is 1.62 bits per heavy atom. The second kappa shape index (κ2) is 6.60. The number of hydrogen-bond donors (Lipinski definition) is 0. The summed E-state index contributed by atoms with van der Waals surface area (Å²) in [6.07, 6.45) is 0.368. The summed E-state index contributed by atoms with van der Waals surface area (Å²) in [7, 11) is 0. The molecule has 0 radical (unpaired) electrons. The Hall–Kier alpha value is -2.77. The molecule has 0 bridgehead atoms. The van der Waals surface area contributed by atoms with Crippen molar-refractivity contribution in [2.45, 2.75) is 26.1 Å². The van der Waals surface area contributed by atoms with E-state index in [9.17, 15) is 24.5 Å². The van der Waals surface area contributed by atoms with Gasteiger partial charge in [0.15, 0.2) is 0 Å². The first-order valence-electron chi connectivity index (χ1n) is 5.87. The summed E-state index contributed by atoms with van der Waals surface area (Å²) in [6.45, 7) is 3.03. The molecule has 1 aliphatic heterocycles. The Morgan fingerprint density at radius 3 is 1.95 bits per heavy atom. The number of nitro groups is 1. The topological polar surface area (TPSA) is 113 Å². The molecule has 1 saturated heterocycles. The Balaban J connectivity index is 0.000000211. The Labute approximate surface area is 119 Å². The molecule has 0 N–H and O–H groups in total. The van der Waals surface area contributed by atoms with E-state index >= 15 is 0 Å². The zero-order chi connectivity index (χ0) is 16.0. The largest absolute Gasteiger partial charge is 0.423 e. The van der Waals surface area contributed by atoms with Crippen molar-refractivity contribution in [1.29, 1.82) is 0 Å². The lowest BCUT2D eigenvalue weighted by molar-refractivity contribution is -0.384. The molecule has 1 aromatic rings. The number of nitrogens with zero attached hydrogens (tertiary/aromatic N) is 1. The maximum Gasteiger partial charge on any atom is 0.320 e. The predicted octanol–water partition coefficient (Wildman–Crippen LogP) is 1.62. The summed E-state index contributed by atoms with van der Waals surface area (Å²) in [6, 6.07) is 5.41. The van der Waals surface area contributed by atoms with Crippen molar-refractivity contribution in [3.63, 3.8) is 0 Å². The molecule has 0 aliphatic carbocycles. The standard InChI is InChI=1S/C7H5NO3.C6H8O4/c9-5-6-1-3-7(4-2-6)8(10)11;1-6(2)9-4(7)3-5(8)10-6/h1-5H;3H2,1-2H3. The molecule has 8 nitrogen and oxygen atoms in total. The Morgan fingerprint density at radius 1 is 1.14 bits per heavy atom. The van der Waals surface area contributed by atoms with Gasteiger partial charge in [-0.05, 0) is 12.1 Å². The van der Waals surface area contributed by atoms with Crippen LogP contribution in [0.4, 0.5) is 5.69 Å². The van der Waals surface area contributed by atoms with Crippen LogP contribution in [0.1, 0.15) is 30.6 Å². The lowest BCUT2D eigenvalue weighted by atomic mass is 10.2. The summed E-state index contributed by atoms with van der Waals surface area (Å²) in [5.74, 6) is -2.13. The second-order valence-corrected chi connectivity index (χ2v) is 4.49. The second-order valence-electron chi connectivity index (χ2n) is 4.49. The summed E-state index contributed by atoms with van der Waals surface area (Å²) < 4.78 is 9.32. The van der Waals surface area contributed by atoms with Gasteiger partial charge in [0.25, 0.3) is 11.5 Å². The highest BCUT2D eigenvalue weighted by atomic mass is 16.7. The first kappa shape index (κ1) is 16.3. The van der Waals surface area contributed by atoms with Crippen LogP contribution >= 0.6 is 0 Å². The highest BCUT2D eigenvalue weighted by molar-refractivity contribution is 5.92. The molecular formula is C13H13NO7. The normalized spacial score (nSPS) is 15.9. The fourth-order valence-corrected chi connectivity index (χ4v) is 1.43. The molecule has 1 aliphatic rings. The molecule has 0 unspecified atom stereocenters. The third kappa shape index (κ3) is 5.39. The summed E-state index contributed by atoms with van der Waals surface area (Å²) >= 11 is 0. The van der Waals surface area contributed by atoms with Crippen LogP contribution in [-0.2, 0) is 19.1 Å². The predicted molar refractivity (Wildman–Crippen MR) is 69.4 cm³/mol. The molecule has 2 rings (SSSR count). The van der Waals surface area contributed by atoms with Crippen LogP contribution < -0.4 is 0 Å². The highest BCUT2D eigenvalue weighted by Gasteiger charge is 2.34. The number of cyclic esters (lactones) is 2. The van der Waals surface area contributed by atoms with Crippen molar-refractivity contribution in [1.82, 2.24) is 0 Å². The monoisotopic (exact) mass is 295 g/mol. The molecule has 0 spiro atoms. The molecule has 0 amide bonds. The molecule has 1 fully saturated rings. The van der Waals surface area contributed by atoms with Crippen molar-refractivity contribution in [2.75, 3.05) is 0 Å². The van der Waals surface area contributed by atoms with Crippen LogP contribution in [0.25, 0.3) is 0 Å². The molecule has 0 atom stereocenters. The molecule has 8 heteroatoms. The van der Waals surface area contributed by atoms with Gasteiger partial charge in [0, 0.05) is 31.5 Å². The fraction of sp³-hybridized carbons (Fsp3) is 0.308. The number of nitro benzene ring substituents is 1. The van der Waals surface area contributed by atoms with E-state index in [1.807, 2.05) is 0 Å². The van der Waals surface area contributed by atoms with Gasteiger partial charge >= 0.3 is 11.9 Å². The lowest BCUT2D eigenvalue weighted by Gasteiger charge is -2.28. The van der Waals surface area contributed by atoms with Gasteiger partial charge in [0.1, 0.15) is 12.7 Å². The van der Waals surface area contributed by atoms with Crippen molar-refractivity contribution in [3.05, 3.63) is 39.9 Å². The lowest BCUT2D eigenvalue weighted by Crippen LogP contribution is -2.39. The van der Waals surface area contributed by atoms with Gasteiger partial charge in [-0.3, -0.25) is 24.5 Å². The number of ether oxygens (including phenoxy) is 2. The zero-order valence-corrected chi connectivity index (χ0v) is 11.4. The van der Waals surface area contributed by atoms with E-state index in [1.165, 1.54) is 38.1 Å². The molecule has 1 heterocycles. The summed E-state index contributed by atoms with van der Waals surface area (Å²) in [4.78, 5) is 40.9. The first-order chi connectivity index (χ1) is 9.73. The SMILES string of the molecule is CC1(C)OC(=O)CC(=O)O1.O=Cc1ccc([N+](=O)[O-])cc1. The number of carbonyl (C=O) groups is 3. The van der Waals surface area contributed by atoms with E-state index in [0.717, 1.165) is 0 Å². The average molecular weight is 295 g/mol. The van der Waals surface area contributed by atoms with Crippen molar-refractivity contribution < 1.29 is 28.8 Å². The van der Waals surface area contributed by atoms with Gasteiger partial charge in [0.05, 0.1) is 4.92 Å². The van der Waals surface area contributed by atoms with Crippen LogP contribution in [-0.4, -0.2) is 28.9 Å².